The molecule has 0 spiro atoms. The minimum absolute atomic E-state index is 0.0345. The van der Waals surface area contributed by atoms with Gasteiger partial charge in [-0.3, -0.25) is 4.79 Å². The molecule has 1 amide bonds. The molecule has 4 heteroatoms. The van der Waals surface area contributed by atoms with E-state index in [4.69, 9.17) is 4.74 Å². The van der Waals surface area contributed by atoms with Crippen molar-refractivity contribution in [3.8, 4) is 5.75 Å². The number of amides is 1. The van der Waals surface area contributed by atoms with Crippen molar-refractivity contribution < 1.29 is 9.53 Å². The molecule has 0 fully saturated rings. The van der Waals surface area contributed by atoms with E-state index in [1.165, 1.54) is 11.1 Å². The van der Waals surface area contributed by atoms with Gasteiger partial charge in [0, 0.05) is 18.6 Å². The summed E-state index contributed by atoms with van der Waals surface area (Å²) in [6.45, 7) is 1.95. The highest BCUT2D eigenvalue weighted by atomic mass is 16.5. The van der Waals surface area contributed by atoms with E-state index in [2.05, 4.69) is 22.7 Å². The van der Waals surface area contributed by atoms with Crippen LogP contribution in [0, 0.1) is 6.92 Å². The number of ether oxygens (including phenoxy) is 1. The molecule has 0 saturated carbocycles. The Hall–Kier alpha value is -2.62. The molecular weight excluding hydrogens is 276 g/mol. The number of nitrogens with zero attached hydrogens (tertiary/aromatic N) is 1. The van der Waals surface area contributed by atoms with Gasteiger partial charge in [0.25, 0.3) is 5.91 Å². The maximum atomic E-state index is 11.8. The number of hydrogen-bond donors (Lipinski definition) is 1. The number of fused-ring (bicyclic) bond motifs is 1. The summed E-state index contributed by atoms with van der Waals surface area (Å²) in [6.07, 6.45) is 1.60. The number of nitrogens with one attached hydrogen (secondary N) is 1. The Labute approximate surface area is 129 Å². The second kappa shape index (κ2) is 6.43. The van der Waals surface area contributed by atoms with Gasteiger partial charge < -0.3 is 4.74 Å². The van der Waals surface area contributed by atoms with Crippen LogP contribution in [-0.4, -0.2) is 18.2 Å². The predicted octanol–water partition coefficient (Wildman–Crippen LogP) is 2.64. The first-order valence-electron chi connectivity index (χ1n) is 7.31. The maximum absolute atomic E-state index is 11.8. The first-order valence-corrected chi connectivity index (χ1v) is 7.31. The molecule has 0 aliphatic heterocycles. The van der Waals surface area contributed by atoms with Crippen molar-refractivity contribution in [2.75, 3.05) is 6.61 Å². The summed E-state index contributed by atoms with van der Waals surface area (Å²) in [6, 6.07) is 15.9. The summed E-state index contributed by atoms with van der Waals surface area (Å²) in [4.78, 5) is 11.8. The van der Waals surface area contributed by atoms with Crippen LogP contribution in [0.3, 0.4) is 0 Å². The van der Waals surface area contributed by atoms with Crippen LogP contribution in [0.4, 0.5) is 0 Å². The Kier molecular flexibility index (Phi) is 4.19. The molecule has 2 aromatic rings. The van der Waals surface area contributed by atoms with Crippen molar-refractivity contribution in [2.24, 2.45) is 5.10 Å². The highest BCUT2D eigenvalue weighted by Crippen LogP contribution is 2.19. The van der Waals surface area contributed by atoms with E-state index in [0.717, 1.165) is 24.1 Å². The van der Waals surface area contributed by atoms with Crippen LogP contribution < -0.4 is 10.2 Å². The van der Waals surface area contributed by atoms with Gasteiger partial charge in [0.05, 0.1) is 0 Å². The predicted molar refractivity (Wildman–Crippen MR) is 86.1 cm³/mol. The lowest BCUT2D eigenvalue weighted by Crippen LogP contribution is -2.26. The summed E-state index contributed by atoms with van der Waals surface area (Å²) < 4.78 is 5.44. The highest BCUT2D eigenvalue weighted by molar-refractivity contribution is 5.93. The number of carbonyl (C=O) groups excluding carboxylic acids is 1. The first-order chi connectivity index (χ1) is 10.7. The lowest BCUT2D eigenvalue weighted by Gasteiger charge is -2.06. The fourth-order valence-corrected chi connectivity index (χ4v) is 2.51. The zero-order valence-corrected chi connectivity index (χ0v) is 12.5. The van der Waals surface area contributed by atoms with Crippen molar-refractivity contribution >= 4 is 11.6 Å². The van der Waals surface area contributed by atoms with E-state index >= 15 is 0 Å². The van der Waals surface area contributed by atoms with E-state index in [1.807, 2.05) is 43.3 Å². The monoisotopic (exact) mass is 294 g/mol. The van der Waals surface area contributed by atoms with Crippen LogP contribution >= 0.6 is 0 Å². The van der Waals surface area contributed by atoms with E-state index < -0.39 is 0 Å². The van der Waals surface area contributed by atoms with Gasteiger partial charge >= 0.3 is 0 Å². The number of benzene rings is 2. The van der Waals surface area contributed by atoms with Crippen LogP contribution in [0.2, 0.25) is 0 Å². The van der Waals surface area contributed by atoms with Gasteiger partial charge in [-0.05, 0) is 35.7 Å². The molecule has 2 aromatic carbocycles. The van der Waals surface area contributed by atoms with Crippen LogP contribution in [0.25, 0.3) is 0 Å². The summed E-state index contributed by atoms with van der Waals surface area (Å²) in [5.41, 5.74) is 7.21. The van der Waals surface area contributed by atoms with Crippen LogP contribution in [0.15, 0.2) is 53.6 Å². The number of hydrazone groups is 1. The van der Waals surface area contributed by atoms with E-state index in [0.29, 0.717) is 5.75 Å². The Morgan fingerprint density at radius 3 is 2.55 bits per heavy atom. The third-order valence-corrected chi connectivity index (χ3v) is 3.61. The normalized spacial score (nSPS) is 12.7. The Morgan fingerprint density at radius 1 is 1.14 bits per heavy atom. The molecule has 0 heterocycles. The van der Waals surface area contributed by atoms with Gasteiger partial charge in [-0.25, -0.2) is 5.43 Å². The number of rotatable bonds is 4. The third kappa shape index (κ3) is 3.52. The largest absolute Gasteiger partial charge is 0.484 e. The molecular formula is C18H18N2O2. The smallest absolute Gasteiger partial charge is 0.277 e. The second-order valence-corrected chi connectivity index (χ2v) is 5.44. The van der Waals surface area contributed by atoms with Crippen LogP contribution in [0.5, 0.6) is 5.75 Å². The summed E-state index contributed by atoms with van der Waals surface area (Å²) in [5.74, 6) is 0.445. The quantitative estimate of drug-likeness (QED) is 0.881. The fraction of sp³-hybridized carbons (Fsp3) is 0.222. The van der Waals surface area contributed by atoms with E-state index in [1.54, 1.807) is 0 Å². The Balaban J connectivity index is 1.50. The second-order valence-electron chi connectivity index (χ2n) is 5.44. The molecule has 0 atom stereocenters. The summed E-state index contributed by atoms with van der Waals surface area (Å²) in [5, 5.41) is 4.20. The molecule has 0 aromatic heterocycles. The average Bonchev–Trinajstić information content (AvgIpc) is 2.94. The first kappa shape index (κ1) is 14.3. The molecule has 1 aliphatic rings. The number of aryl methyl sites for hydroxylation is 1. The lowest BCUT2D eigenvalue weighted by atomic mass is 10.1. The number of hydrogen-bond acceptors (Lipinski definition) is 3. The fourth-order valence-electron chi connectivity index (χ4n) is 2.51. The third-order valence-electron chi connectivity index (χ3n) is 3.61. The summed E-state index contributed by atoms with van der Waals surface area (Å²) >= 11 is 0. The van der Waals surface area contributed by atoms with Gasteiger partial charge in [0.2, 0.25) is 0 Å². The zero-order chi connectivity index (χ0) is 15.4. The van der Waals surface area contributed by atoms with Crippen molar-refractivity contribution in [1.82, 2.24) is 5.43 Å². The minimum Gasteiger partial charge on any atom is -0.484 e. The molecule has 1 aliphatic carbocycles. The van der Waals surface area contributed by atoms with Crippen molar-refractivity contribution in [2.45, 2.75) is 19.8 Å². The van der Waals surface area contributed by atoms with Crippen LogP contribution in [0.1, 0.15) is 16.7 Å². The Morgan fingerprint density at radius 2 is 1.86 bits per heavy atom. The van der Waals surface area contributed by atoms with Crippen molar-refractivity contribution in [3.63, 3.8) is 0 Å². The van der Waals surface area contributed by atoms with Crippen molar-refractivity contribution in [3.05, 3.63) is 65.2 Å². The van der Waals surface area contributed by atoms with E-state index in [-0.39, 0.29) is 12.5 Å². The molecule has 0 saturated heterocycles. The molecule has 1 N–H and O–H groups in total. The molecule has 3 rings (SSSR count). The maximum Gasteiger partial charge on any atom is 0.277 e. The SMILES string of the molecule is Cc1cccc(OCC(=O)NN=C2Cc3ccccc3C2)c1. The van der Waals surface area contributed by atoms with E-state index in [9.17, 15) is 4.79 Å². The lowest BCUT2D eigenvalue weighted by molar-refractivity contribution is -0.123. The average molecular weight is 294 g/mol. The molecule has 22 heavy (non-hydrogen) atoms. The van der Waals surface area contributed by atoms with Crippen LogP contribution in [-0.2, 0) is 17.6 Å². The molecule has 0 unspecified atom stereocenters. The molecule has 112 valence electrons. The van der Waals surface area contributed by atoms with Gasteiger partial charge in [-0.2, -0.15) is 5.10 Å². The van der Waals surface area contributed by atoms with Crippen molar-refractivity contribution in [1.29, 1.82) is 0 Å². The molecule has 4 nitrogen and oxygen atoms in total. The number of carbonyl (C=O) groups is 1. The van der Waals surface area contributed by atoms with Gasteiger partial charge in [-0.15, -0.1) is 0 Å². The molecule has 0 bridgehead atoms. The summed E-state index contributed by atoms with van der Waals surface area (Å²) in [7, 11) is 0. The minimum atomic E-state index is -0.245. The topological polar surface area (TPSA) is 50.7 Å². The Bertz CT molecular complexity index is 696. The standard InChI is InChI=1S/C18H18N2O2/c1-13-5-4-8-17(9-13)22-12-18(21)20-19-16-10-14-6-2-3-7-15(14)11-16/h2-9H,10-12H2,1H3,(H,20,21). The zero-order valence-electron chi connectivity index (χ0n) is 12.5. The molecule has 0 radical (unpaired) electrons. The van der Waals surface area contributed by atoms with Gasteiger partial charge in [0.15, 0.2) is 6.61 Å². The van der Waals surface area contributed by atoms with Gasteiger partial charge in [-0.1, -0.05) is 36.4 Å². The van der Waals surface area contributed by atoms with Gasteiger partial charge in [0.1, 0.15) is 5.75 Å². The highest BCUT2D eigenvalue weighted by Gasteiger charge is 2.16.